The van der Waals surface area contributed by atoms with Crippen molar-refractivity contribution in [3.8, 4) is 0 Å². The van der Waals surface area contributed by atoms with Gasteiger partial charge in [-0.3, -0.25) is 0 Å². The van der Waals surface area contributed by atoms with Crippen LogP contribution in [0, 0.1) is 17.8 Å². The molecule has 2 atom stereocenters. The van der Waals surface area contributed by atoms with Crippen molar-refractivity contribution in [1.82, 2.24) is 0 Å². The molecule has 2 saturated carbocycles. The lowest BCUT2D eigenvalue weighted by Crippen LogP contribution is -2.42. The molecule has 2 aliphatic carbocycles. The van der Waals surface area contributed by atoms with Crippen molar-refractivity contribution in [2.75, 3.05) is 0 Å². The van der Waals surface area contributed by atoms with Gasteiger partial charge < -0.3 is 0 Å². The van der Waals surface area contributed by atoms with Crippen molar-refractivity contribution in [3.05, 3.63) is 47.5 Å². The van der Waals surface area contributed by atoms with Gasteiger partial charge in [0.05, 0.1) is 0 Å². The van der Waals surface area contributed by atoms with Gasteiger partial charge in [0.25, 0.3) is 0 Å². The van der Waals surface area contributed by atoms with E-state index in [1.165, 1.54) is 57.8 Å². The Morgan fingerprint density at radius 3 is 2.39 bits per heavy atom. The highest BCUT2D eigenvalue weighted by atomic mass is 35.5. The fourth-order valence-electron chi connectivity index (χ4n) is 5.52. The molecule has 0 heterocycles. The van der Waals surface area contributed by atoms with Gasteiger partial charge in [0, 0.05) is 5.02 Å². The summed E-state index contributed by atoms with van der Waals surface area (Å²) in [7, 11) is 0. The fraction of sp³-hybridized carbons (Fsp3) is 0.636. The Morgan fingerprint density at radius 2 is 1.78 bits per heavy atom. The van der Waals surface area contributed by atoms with Crippen LogP contribution in [0.3, 0.4) is 0 Å². The van der Waals surface area contributed by atoms with E-state index in [2.05, 4.69) is 43.8 Å². The highest BCUT2D eigenvalue weighted by molar-refractivity contribution is 6.30. The number of rotatable bonds is 4. The first-order valence-corrected chi connectivity index (χ1v) is 9.96. The van der Waals surface area contributed by atoms with Gasteiger partial charge in [-0.15, -0.1) is 6.58 Å². The summed E-state index contributed by atoms with van der Waals surface area (Å²) in [4.78, 5) is 0. The Hall–Kier alpha value is -0.750. The van der Waals surface area contributed by atoms with Crippen LogP contribution in [0.4, 0.5) is 0 Å². The number of hydrogen-bond acceptors (Lipinski definition) is 0. The minimum Gasteiger partial charge on any atom is -0.103 e. The normalized spacial score (nSPS) is 35.0. The second-order valence-corrected chi connectivity index (χ2v) is 8.22. The summed E-state index contributed by atoms with van der Waals surface area (Å²) < 4.78 is 0. The summed E-state index contributed by atoms with van der Waals surface area (Å²) in [6, 6.07) is 8.79. The van der Waals surface area contributed by atoms with Crippen molar-refractivity contribution >= 4 is 11.6 Å². The Morgan fingerprint density at radius 1 is 1.09 bits per heavy atom. The second kappa shape index (κ2) is 7.43. The van der Waals surface area contributed by atoms with Gasteiger partial charge in [-0.05, 0) is 85.8 Å². The molecule has 0 nitrogen and oxygen atoms in total. The molecule has 0 spiro atoms. The average molecular weight is 331 g/mol. The standard InChI is InChI=1S/C22H31Cl/c1-3-17-8-10-18(11-9-17)21-7-5-6-16-22(21,4-2)19-12-14-20(23)15-13-19/h3,12-15,17-18,21H,1,4-11,16H2,2H3. The molecule has 0 radical (unpaired) electrons. The van der Waals surface area contributed by atoms with E-state index in [1.807, 2.05) is 0 Å². The maximum Gasteiger partial charge on any atom is 0.0406 e. The first-order chi connectivity index (χ1) is 11.2. The lowest BCUT2D eigenvalue weighted by molar-refractivity contribution is 0.0844. The van der Waals surface area contributed by atoms with E-state index < -0.39 is 0 Å². The van der Waals surface area contributed by atoms with Crippen molar-refractivity contribution in [1.29, 1.82) is 0 Å². The predicted octanol–water partition coefficient (Wildman–Crippen LogP) is 7.17. The summed E-state index contributed by atoms with van der Waals surface area (Å²) in [6.07, 6.45) is 14.5. The first kappa shape index (κ1) is 17.1. The molecule has 2 aliphatic rings. The summed E-state index contributed by atoms with van der Waals surface area (Å²) in [6.45, 7) is 6.42. The molecule has 3 rings (SSSR count). The van der Waals surface area contributed by atoms with E-state index in [0.29, 0.717) is 5.41 Å². The lowest BCUT2D eigenvalue weighted by Gasteiger charge is -2.49. The molecule has 1 heteroatoms. The fourth-order valence-corrected chi connectivity index (χ4v) is 5.65. The maximum absolute atomic E-state index is 6.15. The second-order valence-electron chi connectivity index (χ2n) is 7.78. The molecule has 0 bridgehead atoms. The first-order valence-electron chi connectivity index (χ1n) is 9.58. The third-order valence-electron chi connectivity index (χ3n) is 6.87. The molecule has 23 heavy (non-hydrogen) atoms. The van der Waals surface area contributed by atoms with Crippen LogP contribution in [0.1, 0.15) is 70.3 Å². The molecule has 0 amide bonds. The molecule has 2 fully saturated rings. The van der Waals surface area contributed by atoms with E-state index in [1.54, 1.807) is 5.56 Å². The Balaban J connectivity index is 1.86. The third kappa shape index (κ3) is 3.38. The molecular weight excluding hydrogens is 300 g/mol. The smallest absolute Gasteiger partial charge is 0.0406 e. The van der Waals surface area contributed by atoms with Crippen LogP contribution in [0.2, 0.25) is 5.02 Å². The van der Waals surface area contributed by atoms with Gasteiger partial charge >= 0.3 is 0 Å². The average Bonchev–Trinajstić information content (AvgIpc) is 2.62. The summed E-state index contributed by atoms with van der Waals surface area (Å²) in [5.74, 6) is 2.52. The van der Waals surface area contributed by atoms with Crippen LogP contribution in [0.5, 0.6) is 0 Å². The van der Waals surface area contributed by atoms with Crippen LogP contribution >= 0.6 is 11.6 Å². The topological polar surface area (TPSA) is 0 Å². The van der Waals surface area contributed by atoms with Gasteiger partial charge in [0.2, 0.25) is 0 Å². The SMILES string of the molecule is C=CC1CCC(C2CCCCC2(CC)c2ccc(Cl)cc2)CC1. The van der Waals surface area contributed by atoms with Gasteiger partial charge in [-0.25, -0.2) is 0 Å². The van der Waals surface area contributed by atoms with Crippen LogP contribution in [-0.2, 0) is 5.41 Å². The number of benzene rings is 1. The van der Waals surface area contributed by atoms with Crippen molar-refractivity contribution in [2.45, 2.75) is 70.1 Å². The van der Waals surface area contributed by atoms with Crippen LogP contribution in [-0.4, -0.2) is 0 Å². The number of halogens is 1. The Kier molecular flexibility index (Phi) is 5.52. The van der Waals surface area contributed by atoms with E-state index in [-0.39, 0.29) is 0 Å². The molecule has 126 valence electrons. The number of allylic oxidation sites excluding steroid dienone is 1. The highest BCUT2D eigenvalue weighted by Gasteiger charge is 2.44. The van der Waals surface area contributed by atoms with E-state index in [0.717, 1.165) is 22.8 Å². The zero-order valence-corrected chi connectivity index (χ0v) is 15.3. The molecule has 0 N–H and O–H groups in total. The molecule has 0 saturated heterocycles. The Bertz CT molecular complexity index is 509. The molecule has 1 aromatic rings. The van der Waals surface area contributed by atoms with Gasteiger partial charge in [-0.2, -0.15) is 0 Å². The van der Waals surface area contributed by atoms with Crippen LogP contribution < -0.4 is 0 Å². The lowest BCUT2D eigenvalue weighted by atomic mass is 9.55. The van der Waals surface area contributed by atoms with E-state index in [4.69, 9.17) is 11.6 Å². The molecule has 0 aliphatic heterocycles. The molecule has 1 aromatic carbocycles. The van der Waals surface area contributed by atoms with E-state index >= 15 is 0 Å². The molecule has 2 unspecified atom stereocenters. The Labute approximate surface area is 147 Å². The zero-order valence-electron chi connectivity index (χ0n) is 14.6. The monoisotopic (exact) mass is 330 g/mol. The summed E-state index contributed by atoms with van der Waals surface area (Å²) in [5, 5.41) is 0.860. The largest absolute Gasteiger partial charge is 0.103 e. The predicted molar refractivity (Wildman–Crippen MR) is 101 cm³/mol. The zero-order chi connectivity index (χ0) is 16.3. The van der Waals surface area contributed by atoms with Crippen molar-refractivity contribution in [3.63, 3.8) is 0 Å². The maximum atomic E-state index is 6.15. The minimum atomic E-state index is 0.383. The molecule has 0 aromatic heterocycles. The van der Waals surface area contributed by atoms with Crippen molar-refractivity contribution < 1.29 is 0 Å². The van der Waals surface area contributed by atoms with Gasteiger partial charge in [0.1, 0.15) is 0 Å². The quantitative estimate of drug-likeness (QED) is 0.513. The van der Waals surface area contributed by atoms with Gasteiger partial charge in [-0.1, -0.05) is 49.6 Å². The third-order valence-corrected chi connectivity index (χ3v) is 7.12. The summed E-state index contributed by atoms with van der Waals surface area (Å²) >= 11 is 6.15. The number of hydrogen-bond donors (Lipinski definition) is 0. The molecular formula is C22H31Cl. The highest BCUT2D eigenvalue weighted by Crippen LogP contribution is 2.52. The summed E-state index contributed by atoms with van der Waals surface area (Å²) in [5.41, 5.74) is 1.93. The van der Waals surface area contributed by atoms with Crippen LogP contribution in [0.15, 0.2) is 36.9 Å². The van der Waals surface area contributed by atoms with E-state index in [9.17, 15) is 0 Å². The minimum absolute atomic E-state index is 0.383. The van der Waals surface area contributed by atoms with Crippen molar-refractivity contribution in [2.24, 2.45) is 17.8 Å². The van der Waals surface area contributed by atoms with Crippen LogP contribution in [0.25, 0.3) is 0 Å². The van der Waals surface area contributed by atoms with Gasteiger partial charge in [0.15, 0.2) is 0 Å².